The molecule has 1 heterocycles. The molecule has 1 unspecified atom stereocenters. The molecule has 0 fully saturated rings. The maximum Gasteiger partial charge on any atom is 0.355 e. The van der Waals surface area contributed by atoms with Crippen molar-refractivity contribution in [3.63, 3.8) is 0 Å². The van der Waals surface area contributed by atoms with Crippen LogP contribution in [0.2, 0.25) is 0 Å². The molecule has 8 heteroatoms. The lowest BCUT2D eigenvalue weighted by molar-refractivity contribution is 0.0691. The van der Waals surface area contributed by atoms with E-state index in [0.29, 0.717) is 11.1 Å². The van der Waals surface area contributed by atoms with Crippen molar-refractivity contribution in [1.82, 2.24) is 10.3 Å². The van der Waals surface area contributed by atoms with Crippen LogP contribution in [-0.4, -0.2) is 22.0 Å². The lowest BCUT2D eigenvalue weighted by Gasteiger charge is -2.11. The van der Waals surface area contributed by atoms with E-state index in [1.807, 2.05) is 0 Å². The molecule has 0 aliphatic rings. The van der Waals surface area contributed by atoms with Gasteiger partial charge in [-0.1, -0.05) is 0 Å². The molecule has 2 aromatic rings. The molecule has 1 aromatic heterocycles. The molecule has 0 aliphatic heterocycles. The number of hydrogen-bond acceptors (Lipinski definition) is 4. The normalized spacial score (nSPS) is 12.0. The summed E-state index contributed by atoms with van der Waals surface area (Å²) in [7, 11) is 0. The molecule has 0 saturated heterocycles. The van der Waals surface area contributed by atoms with Crippen LogP contribution in [0.3, 0.4) is 0 Å². The maximum absolute atomic E-state index is 13.5. The van der Waals surface area contributed by atoms with Crippen molar-refractivity contribution in [3.05, 3.63) is 51.5 Å². The fraction of sp³-hybridized carbons (Fsp3) is 0.154. The van der Waals surface area contributed by atoms with Gasteiger partial charge in [-0.2, -0.15) is 0 Å². The van der Waals surface area contributed by atoms with Crippen molar-refractivity contribution in [2.24, 2.45) is 0 Å². The number of halogens is 2. The number of nitrogens with one attached hydrogen (secondary N) is 1. The van der Waals surface area contributed by atoms with Crippen LogP contribution >= 0.6 is 11.3 Å². The molecule has 2 N–H and O–H groups in total. The Morgan fingerprint density at radius 3 is 2.67 bits per heavy atom. The highest BCUT2D eigenvalue weighted by Gasteiger charge is 2.18. The number of rotatable bonds is 4. The Morgan fingerprint density at radius 2 is 2.10 bits per heavy atom. The van der Waals surface area contributed by atoms with Crippen LogP contribution in [0.15, 0.2) is 23.6 Å². The van der Waals surface area contributed by atoms with Crippen LogP contribution in [0, 0.1) is 11.6 Å². The number of carbonyl (C=O) groups is 2. The van der Waals surface area contributed by atoms with Gasteiger partial charge in [-0.25, -0.2) is 18.6 Å². The van der Waals surface area contributed by atoms with Crippen LogP contribution in [0.25, 0.3) is 0 Å². The van der Waals surface area contributed by atoms with Gasteiger partial charge < -0.3 is 10.4 Å². The van der Waals surface area contributed by atoms with Crippen molar-refractivity contribution in [2.75, 3.05) is 0 Å². The number of nitrogens with zero attached hydrogens (tertiary/aromatic N) is 1. The van der Waals surface area contributed by atoms with Gasteiger partial charge in [-0.05, 0) is 19.1 Å². The minimum atomic E-state index is -1.17. The van der Waals surface area contributed by atoms with Crippen molar-refractivity contribution >= 4 is 23.2 Å². The van der Waals surface area contributed by atoms with Crippen LogP contribution in [0.5, 0.6) is 0 Å². The molecular weight excluding hydrogens is 302 g/mol. The average Bonchev–Trinajstić information content (AvgIpc) is 2.88. The number of aromatic carboxylic acids is 1. The Morgan fingerprint density at radius 1 is 1.38 bits per heavy atom. The van der Waals surface area contributed by atoms with Crippen molar-refractivity contribution in [1.29, 1.82) is 0 Å². The zero-order chi connectivity index (χ0) is 15.6. The lowest BCUT2D eigenvalue weighted by Crippen LogP contribution is -2.27. The van der Waals surface area contributed by atoms with Gasteiger partial charge >= 0.3 is 5.97 Å². The van der Waals surface area contributed by atoms with Gasteiger partial charge in [0.05, 0.1) is 11.6 Å². The largest absolute Gasteiger partial charge is 0.476 e. The highest BCUT2D eigenvalue weighted by atomic mass is 32.1. The van der Waals surface area contributed by atoms with E-state index in [-0.39, 0.29) is 11.3 Å². The predicted molar refractivity (Wildman–Crippen MR) is 71.3 cm³/mol. The number of carboxylic acids is 1. The number of aromatic nitrogens is 1. The first-order valence-corrected chi connectivity index (χ1v) is 6.71. The zero-order valence-corrected chi connectivity index (χ0v) is 11.6. The van der Waals surface area contributed by atoms with E-state index in [1.165, 1.54) is 5.38 Å². The summed E-state index contributed by atoms with van der Waals surface area (Å²) in [4.78, 5) is 26.5. The van der Waals surface area contributed by atoms with Gasteiger partial charge in [0, 0.05) is 11.4 Å². The number of carbonyl (C=O) groups excluding carboxylic acids is 1. The summed E-state index contributed by atoms with van der Waals surface area (Å²) < 4.78 is 26.3. The molecule has 0 spiro atoms. The Labute approximate surface area is 122 Å². The number of amides is 1. The minimum Gasteiger partial charge on any atom is -0.476 e. The molecule has 110 valence electrons. The van der Waals surface area contributed by atoms with E-state index in [4.69, 9.17) is 5.11 Å². The second-order valence-corrected chi connectivity index (χ2v) is 5.09. The molecule has 0 bridgehead atoms. The molecule has 5 nitrogen and oxygen atoms in total. The summed E-state index contributed by atoms with van der Waals surface area (Å²) in [5.41, 5.74) is -0.415. The van der Waals surface area contributed by atoms with Gasteiger partial charge in [0.15, 0.2) is 5.69 Å². The SMILES string of the molecule is CC(NC(=O)c1ccc(F)cc1F)c1nc(C(=O)O)cs1. The topological polar surface area (TPSA) is 79.3 Å². The third-order valence-electron chi connectivity index (χ3n) is 2.63. The summed E-state index contributed by atoms with van der Waals surface area (Å²) in [5.74, 6) is -3.64. The van der Waals surface area contributed by atoms with E-state index >= 15 is 0 Å². The standard InChI is InChI=1S/C13H10F2N2O3S/c1-6(12-17-10(5-21-12)13(19)20)16-11(18)8-3-2-7(14)4-9(8)15/h2-6H,1H3,(H,16,18)(H,19,20). The Bertz CT molecular complexity index is 702. The van der Waals surface area contributed by atoms with E-state index in [1.54, 1.807) is 6.92 Å². The van der Waals surface area contributed by atoms with Gasteiger partial charge in [0.1, 0.15) is 16.6 Å². The fourth-order valence-electron chi connectivity index (χ4n) is 1.59. The van der Waals surface area contributed by atoms with E-state index in [2.05, 4.69) is 10.3 Å². The Balaban J connectivity index is 2.12. The summed E-state index contributed by atoms with van der Waals surface area (Å²) in [6.07, 6.45) is 0. The van der Waals surface area contributed by atoms with Gasteiger partial charge in [-0.3, -0.25) is 4.79 Å². The summed E-state index contributed by atoms with van der Waals surface area (Å²) >= 11 is 1.07. The number of hydrogen-bond donors (Lipinski definition) is 2. The smallest absolute Gasteiger partial charge is 0.355 e. The van der Waals surface area contributed by atoms with Crippen molar-refractivity contribution in [3.8, 4) is 0 Å². The quantitative estimate of drug-likeness (QED) is 0.909. The minimum absolute atomic E-state index is 0.121. The molecule has 0 saturated carbocycles. The third kappa shape index (κ3) is 3.40. The first-order chi connectivity index (χ1) is 9.88. The third-order valence-corrected chi connectivity index (χ3v) is 3.66. The zero-order valence-electron chi connectivity index (χ0n) is 10.8. The molecule has 0 radical (unpaired) electrons. The molecular formula is C13H10F2N2O3S. The summed E-state index contributed by atoms with van der Waals surface area (Å²) in [6, 6.07) is 2.04. The lowest BCUT2D eigenvalue weighted by atomic mass is 10.2. The number of carboxylic acid groups (broad SMARTS) is 1. The first kappa shape index (κ1) is 15.0. The molecule has 1 atom stereocenters. The van der Waals surface area contributed by atoms with Gasteiger partial charge in [0.25, 0.3) is 5.91 Å². The molecule has 1 amide bonds. The predicted octanol–water partition coefficient (Wildman–Crippen LogP) is 2.61. The molecule has 21 heavy (non-hydrogen) atoms. The van der Waals surface area contributed by atoms with Crippen molar-refractivity contribution in [2.45, 2.75) is 13.0 Å². The molecule has 2 rings (SSSR count). The second kappa shape index (κ2) is 5.96. The number of thiazole rings is 1. The monoisotopic (exact) mass is 312 g/mol. The molecule has 0 aliphatic carbocycles. The Hall–Kier alpha value is -2.35. The van der Waals surface area contributed by atoms with Gasteiger partial charge in [0.2, 0.25) is 0 Å². The van der Waals surface area contributed by atoms with Gasteiger partial charge in [-0.15, -0.1) is 11.3 Å². The maximum atomic E-state index is 13.5. The number of benzene rings is 1. The highest BCUT2D eigenvalue weighted by Crippen LogP contribution is 2.19. The van der Waals surface area contributed by atoms with E-state index < -0.39 is 29.6 Å². The molecule has 1 aromatic carbocycles. The first-order valence-electron chi connectivity index (χ1n) is 5.83. The highest BCUT2D eigenvalue weighted by molar-refractivity contribution is 7.09. The Kier molecular flexibility index (Phi) is 4.27. The summed E-state index contributed by atoms with van der Waals surface area (Å²) in [6.45, 7) is 1.59. The summed E-state index contributed by atoms with van der Waals surface area (Å²) in [5, 5.41) is 13.0. The van der Waals surface area contributed by atoms with Crippen LogP contribution in [0.1, 0.15) is 38.8 Å². The van der Waals surface area contributed by atoms with E-state index in [0.717, 1.165) is 23.5 Å². The van der Waals surface area contributed by atoms with E-state index in [9.17, 15) is 18.4 Å². The fourth-order valence-corrected chi connectivity index (χ4v) is 2.39. The van der Waals surface area contributed by atoms with Crippen LogP contribution < -0.4 is 5.32 Å². The van der Waals surface area contributed by atoms with Crippen molar-refractivity contribution < 1.29 is 23.5 Å². The van der Waals surface area contributed by atoms with Crippen LogP contribution in [-0.2, 0) is 0 Å². The van der Waals surface area contributed by atoms with Crippen LogP contribution in [0.4, 0.5) is 8.78 Å². The average molecular weight is 312 g/mol. The second-order valence-electron chi connectivity index (χ2n) is 4.20.